The van der Waals surface area contributed by atoms with Crippen LogP contribution in [0.4, 0.5) is 0 Å². The van der Waals surface area contributed by atoms with Gasteiger partial charge in [0.2, 0.25) is 5.91 Å². The predicted molar refractivity (Wildman–Crippen MR) is 59.8 cm³/mol. The Morgan fingerprint density at radius 3 is 2.80 bits per heavy atom. The maximum absolute atomic E-state index is 11.2. The second-order valence-electron chi connectivity index (χ2n) is 3.94. The van der Waals surface area contributed by atoms with Crippen molar-refractivity contribution in [3.63, 3.8) is 0 Å². The molecule has 0 atom stereocenters. The molecule has 0 aliphatic heterocycles. The minimum atomic E-state index is 0.0868. The smallest absolute Gasteiger partial charge is 0.222 e. The summed E-state index contributed by atoms with van der Waals surface area (Å²) in [5, 5.41) is 6.20. The largest absolute Gasteiger partial charge is 0.381 e. The molecular weight excluding hydrogens is 192 g/mol. The predicted octanol–water partition coefficient (Wildman–Crippen LogP) is 0.671. The summed E-state index contributed by atoms with van der Waals surface area (Å²) in [5.74, 6) is 0.0868. The van der Waals surface area contributed by atoms with Crippen molar-refractivity contribution in [2.24, 2.45) is 0 Å². The van der Waals surface area contributed by atoms with Crippen molar-refractivity contribution in [2.45, 2.75) is 38.6 Å². The first-order valence-electron chi connectivity index (χ1n) is 5.90. The van der Waals surface area contributed by atoms with Crippen LogP contribution in [0, 0.1) is 0 Å². The number of rotatable bonds is 9. The van der Waals surface area contributed by atoms with Crippen LogP contribution in [0.15, 0.2) is 0 Å². The van der Waals surface area contributed by atoms with E-state index in [9.17, 15) is 4.79 Å². The number of ether oxygens (including phenoxy) is 1. The lowest BCUT2D eigenvalue weighted by atomic mass is 10.4. The summed E-state index contributed by atoms with van der Waals surface area (Å²) < 4.78 is 5.23. The topological polar surface area (TPSA) is 50.4 Å². The van der Waals surface area contributed by atoms with E-state index in [0.29, 0.717) is 13.0 Å². The molecule has 0 spiro atoms. The summed E-state index contributed by atoms with van der Waals surface area (Å²) in [7, 11) is 0. The molecule has 0 saturated heterocycles. The van der Waals surface area contributed by atoms with Crippen LogP contribution in [-0.2, 0) is 9.53 Å². The molecule has 1 saturated carbocycles. The second-order valence-corrected chi connectivity index (χ2v) is 3.94. The Hall–Kier alpha value is -0.610. The average molecular weight is 214 g/mol. The van der Waals surface area contributed by atoms with Gasteiger partial charge in [0.05, 0.1) is 6.61 Å². The Balaban J connectivity index is 1.80. The lowest BCUT2D eigenvalue weighted by molar-refractivity contribution is -0.122. The van der Waals surface area contributed by atoms with Gasteiger partial charge in [0.15, 0.2) is 0 Å². The number of amides is 1. The van der Waals surface area contributed by atoms with Gasteiger partial charge in [0.1, 0.15) is 0 Å². The monoisotopic (exact) mass is 214 g/mol. The molecule has 4 heteroatoms. The Bertz CT molecular complexity index is 181. The lowest BCUT2D eigenvalue weighted by Crippen LogP contribution is -2.33. The zero-order valence-electron chi connectivity index (χ0n) is 9.55. The van der Waals surface area contributed by atoms with Crippen molar-refractivity contribution in [1.29, 1.82) is 0 Å². The Morgan fingerprint density at radius 1 is 1.33 bits per heavy atom. The fraction of sp³-hybridized carbons (Fsp3) is 0.909. The van der Waals surface area contributed by atoms with E-state index in [-0.39, 0.29) is 5.91 Å². The van der Waals surface area contributed by atoms with Gasteiger partial charge in [-0.15, -0.1) is 0 Å². The van der Waals surface area contributed by atoms with Crippen molar-refractivity contribution >= 4 is 5.91 Å². The quantitative estimate of drug-likeness (QED) is 0.555. The number of hydrogen-bond acceptors (Lipinski definition) is 3. The molecule has 0 aromatic heterocycles. The molecule has 0 heterocycles. The fourth-order valence-electron chi connectivity index (χ4n) is 1.27. The van der Waals surface area contributed by atoms with Gasteiger partial charge in [0, 0.05) is 32.2 Å². The van der Waals surface area contributed by atoms with Crippen LogP contribution in [0.2, 0.25) is 0 Å². The third-order valence-electron chi connectivity index (χ3n) is 2.28. The number of hydrogen-bond donors (Lipinski definition) is 2. The van der Waals surface area contributed by atoms with E-state index in [4.69, 9.17) is 4.74 Å². The van der Waals surface area contributed by atoms with Crippen LogP contribution in [0.5, 0.6) is 0 Å². The first-order chi connectivity index (χ1) is 7.33. The Kier molecular flexibility index (Phi) is 6.36. The number of carbonyl (C=O) groups excluding carboxylic acids is 1. The van der Waals surface area contributed by atoms with Gasteiger partial charge in [-0.2, -0.15) is 0 Å². The highest BCUT2D eigenvalue weighted by molar-refractivity contribution is 5.75. The third-order valence-corrected chi connectivity index (χ3v) is 2.28. The van der Waals surface area contributed by atoms with Gasteiger partial charge in [-0.05, 0) is 19.3 Å². The summed E-state index contributed by atoms with van der Waals surface area (Å²) >= 11 is 0. The fourth-order valence-corrected chi connectivity index (χ4v) is 1.27. The van der Waals surface area contributed by atoms with Crippen LogP contribution in [0.1, 0.15) is 32.6 Å². The van der Waals surface area contributed by atoms with E-state index in [1.54, 1.807) is 0 Å². The molecule has 88 valence electrons. The highest BCUT2D eigenvalue weighted by Crippen LogP contribution is 2.17. The Morgan fingerprint density at radius 2 is 2.13 bits per heavy atom. The Labute approximate surface area is 91.8 Å². The van der Waals surface area contributed by atoms with E-state index < -0.39 is 0 Å². The molecular formula is C11H22N2O2. The zero-order valence-corrected chi connectivity index (χ0v) is 9.55. The maximum atomic E-state index is 11.2. The van der Waals surface area contributed by atoms with E-state index >= 15 is 0 Å². The van der Waals surface area contributed by atoms with Crippen molar-refractivity contribution in [3.05, 3.63) is 0 Å². The molecule has 1 fully saturated rings. The molecule has 0 aromatic carbocycles. The summed E-state index contributed by atoms with van der Waals surface area (Å²) in [6, 6.07) is 0.717. The molecule has 15 heavy (non-hydrogen) atoms. The summed E-state index contributed by atoms with van der Waals surface area (Å²) in [5.41, 5.74) is 0. The van der Waals surface area contributed by atoms with E-state index in [1.807, 2.05) is 0 Å². The molecule has 0 radical (unpaired) electrons. The maximum Gasteiger partial charge on any atom is 0.222 e. The van der Waals surface area contributed by atoms with Gasteiger partial charge in [-0.1, -0.05) is 6.92 Å². The molecule has 2 N–H and O–H groups in total. The molecule has 1 rings (SSSR count). The average Bonchev–Trinajstić information content (AvgIpc) is 3.03. The van der Waals surface area contributed by atoms with Crippen molar-refractivity contribution in [1.82, 2.24) is 10.6 Å². The summed E-state index contributed by atoms with van der Waals surface area (Å²) in [6.07, 6.45) is 4.06. The minimum Gasteiger partial charge on any atom is -0.381 e. The highest BCUT2D eigenvalue weighted by atomic mass is 16.5. The molecule has 1 aliphatic rings. The molecule has 4 nitrogen and oxygen atoms in total. The van der Waals surface area contributed by atoms with E-state index in [0.717, 1.165) is 32.2 Å². The van der Waals surface area contributed by atoms with Crippen molar-refractivity contribution in [3.8, 4) is 0 Å². The van der Waals surface area contributed by atoms with Crippen LogP contribution in [0.3, 0.4) is 0 Å². The molecule has 0 unspecified atom stereocenters. The van der Waals surface area contributed by atoms with Gasteiger partial charge >= 0.3 is 0 Å². The van der Waals surface area contributed by atoms with Crippen molar-refractivity contribution in [2.75, 3.05) is 26.3 Å². The lowest BCUT2D eigenvalue weighted by Gasteiger charge is -2.06. The van der Waals surface area contributed by atoms with Gasteiger partial charge < -0.3 is 15.4 Å². The molecule has 0 aromatic rings. The number of nitrogens with one attached hydrogen (secondary N) is 2. The second kappa shape index (κ2) is 7.65. The van der Waals surface area contributed by atoms with Crippen molar-refractivity contribution < 1.29 is 9.53 Å². The SMILES string of the molecule is CCCOCCC(=O)NCCNC1CC1. The van der Waals surface area contributed by atoms with Crippen LogP contribution in [-0.4, -0.2) is 38.3 Å². The van der Waals surface area contributed by atoms with Crippen LogP contribution in [0.25, 0.3) is 0 Å². The first-order valence-corrected chi connectivity index (χ1v) is 5.90. The first kappa shape index (κ1) is 12.5. The minimum absolute atomic E-state index is 0.0868. The highest BCUT2D eigenvalue weighted by Gasteiger charge is 2.19. The summed E-state index contributed by atoms with van der Waals surface area (Å²) in [4.78, 5) is 11.2. The third kappa shape index (κ3) is 7.33. The number of carbonyl (C=O) groups is 1. The molecule has 0 bridgehead atoms. The zero-order chi connectivity index (χ0) is 10.9. The summed E-state index contributed by atoms with van der Waals surface area (Å²) in [6.45, 7) is 4.95. The normalized spacial score (nSPS) is 15.3. The van der Waals surface area contributed by atoms with E-state index in [2.05, 4.69) is 17.6 Å². The van der Waals surface area contributed by atoms with E-state index in [1.165, 1.54) is 12.8 Å². The molecule has 1 aliphatic carbocycles. The molecule has 1 amide bonds. The standard InChI is InChI=1S/C11H22N2O2/c1-2-8-15-9-5-11(14)13-7-6-12-10-3-4-10/h10,12H,2-9H2,1H3,(H,13,14). The van der Waals surface area contributed by atoms with Crippen LogP contribution >= 0.6 is 0 Å². The van der Waals surface area contributed by atoms with Crippen LogP contribution < -0.4 is 10.6 Å². The van der Waals surface area contributed by atoms with Gasteiger partial charge in [-0.25, -0.2) is 0 Å². The van der Waals surface area contributed by atoms with Gasteiger partial charge in [-0.3, -0.25) is 4.79 Å². The van der Waals surface area contributed by atoms with Gasteiger partial charge in [0.25, 0.3) is 0 Å².